The van der Waals surface area contributed by atoms with Crippen LogP contribution in [0.4, 0.5) is 0 Å². The fourth-order valence-electron chi connectivity index (χ4n) is 4.43. The van der Waals surface area contributed by atoms with Crippen molar-refractivity contribution in [3.05, 3.63) is 70.0 Å². The normalized spacial score (nSPS) is 18.0. The number of carbonyl (C=O) groups is 1. The number of thioether (sulfide) groups is 1. The summed E-state index contributed by atoms with van der Waals surface area (Å²) >= 11 is 1.84. The maximum Gasteiger partial charge on any atom is 0.167 e. The van der Waals surface area contributed by atoms with Gasteiger partial charge in [-0.25, -0.2) is 0 Å². The molecule has 2 aromatic carbocycles. The molecule has 0 fully saturated rings. The van der Waals surface area contributed by atoms with Gasteiger partial charge in [0.15, 0.2) is 5.78 Å². The van der Waals surface area contributed by atoms with E-state index in [1.54, 1.807) is 0 Å². The summed E-state index contributed by atoms with van der Waals surface area (Å²) in [6.07, 6.45) is 2.84. The van der Waals surface area contributed by atoms with Gasteiger partial charge < -0.3 is 5.11 Å². The number of hydrogen-bond acceptors (Lipinski definition) is 3. The van der Waals surface area contributed by atoms with E-state index in [1.807, 2.05) is 11.8 Å². The molecule has 2 aromatic rings. The molecule has 2 atom stereocenters. The topological polar surface area (TPSA) is 37.3 Å². The first kappa shape index (κ1) is 22.7. The fraction of sp³-hybridized carbons (Fsp3) is 0.444. The van der Waals surface area contributed by atoms with Gasteiger partial charge in [-0.15, -0.1) is 11.8 Å². The van der Waals surface area contributed by atoms with E-state index < -0.39 is 0 Å². The van der Waals surface area contributed by atoms with Crippen molar-refractivity contribution in [3.63, 3.8) is 0 Å². The smallest absolute Gasteiger partial charge is 0.167 e. The minimum atomic E-state index is 0.101. The molecule has 0 spiro atoms. The minimum Gasteiger partial charge on any atom is -0.512 e. The summed E-state index contributed by atoms with van der Waals surface area (Å²) in [5.41, 5.74) is 6.40. The molecule has 160 valence electrons. The molecule has 30 heavy (non-hydrogen) atoms. The van der Waals surface area contributed by atoms with Gasteiger partial charge >= 0.3 is 0 Å². The second-order valence-corrected chi connectivity index (χ2v) is 9.77. The number of aliphatic hydroxyl groups is 1. The average molecular weight is 423 g/mol. The summed E-state index contributed by atoms with van der Waals surface area (Å²) in [4.78, 5) is 14.5. The highest BCUT2D eigenvalue weighted by Gasteiger charge is 2.33. The second kappa shape index (κ2) is 9.87. The van der Waals surface area contributed by atoms with Crippen LogP contribution in [0.15, 0.2) is 47.1 Å². The molecule has 0 radical (unpaired) electrons. The first-order chi connectivity index (χ1) is 14.3. The molecule has 3 heteroatoms. The number of Topliss-reactive ketones (excluding diaryl/α,β-unsaturated/α-hetero) is 1. The van der Waals surface area contributed by atoms with Crippen LogP contribution in [-0.2, 0) is 17.6 Å². The fourth-order valence-corrected chi connectivity index (χ4v) is 5.48. The molecule has 2 unspecified atom stereocenters. The Balaban J connectivity index is 1.80. The lowest BCUT2D eigenvalue weighted by Crippen LogP contribution is -2.25. The number of carbonyl (C=O) groups excluding carboxylic acids is 1. The van der Waals surface area contributed by atoms with Gasteiger partial charge in [0.05, 0.1) is 5.57 Å². The van der Waals surface area contributed by atoms with E-state index in [-0.39, 0.29) is 17.5 Å². The van der Waals surface area contributed by atoms with Crippen LogP contribution < -0.4 is 0 Å². The van der Waals surface area contributed by atoms with Crippen LogP contribution in [0.5, 0.6) is 0 Å². The van der Waals surface area contributed by atoms with E-state index in [4.69, 9.17) is 0 Å². The van der Waals surface area contributed by atoms with Crippen molar-refractivity contribution in [2.24, 2.45) is 11.8 Å². The van der Waals surface area contributed by atoms with Crippen molar-refractivity contribution in [1.82, 2.24) is 0 Å². The van der Waals surface area contributed by atoms with Crippen LogP contribution >= 0.6 is 11.8 Å². The van der Waals surface area contributed by atoms with E-state index in [9.17, 15) is 9.90 Å². The molecular formula is C27H34O2S. The van der Waals surface area contributed by atoms with Gasteiger partial charge in [-0.1, -0.05) is 56.2 Å². The Bertz CT molecular complexity index is 915. The lowest BCUT2D eigenvalue weighted by Gasteiger charge is -2.29. The van der Waals surface area contributed by atoms with Gasteiger partial charge in [0, 0.05) is 23.5 Å². The molecule has 0 saturated carbocycles. The number of aliphatic hydroxyl groups excluding tert-OH is 1. The summed E-state index contributed by atoms with van der Waals surface area (Å²) in [7, 11) is 0. The van der Waals surface area contributed by atoms with E-state index >= 15 is 0 Å². The van der Waals surface area contributed by atoms with E-state index in [0.717, 1.165) is 24.2 Å². The highest BCUT2D eigenvalue weighted by Crippen LogP contribution is 2.39. The highest BCUT2D eigenvalue weighted by atomic mass is 32.2. The second-order valence-electron chi connectivity index (χ2n) is 8.68. The zero-order valence-electron chi connectivity index (χ0n) is 18.9. The van der Waals surface area contributed by atoms with E-state index in [0.29, 0.717) is 24.3 Å². The molecule has 1 N–H and O–H groups in total. The van der Waals surface area contributed by atoms with E-state index in [1.165, 1.54) is 27.1 Å². The summed E-state index contributed by atoms with van der Waals surface area (Å²) in [5, 5.41) is 11.0. The van der Waals surface area contributed by atoms with Crippen LogP contribution in [-0.4, -0.2) is 16.6 Å². The Labute approximate surface area is 185 Å². The number of aryl methyl sites for hydroxylation is 4. The highest BCUT2D eigenvalue weighted by molar-refractivity contribution is 7.99. The third kappa shape index (κ3) is 5.00. The lowest BCUT2D eigenvalue weighted by atomic mass is 9.76. The largest absolute Gasteiger partial charge is 0.512 e. The van der Waals surface area contributed by atoms with Gasteiger partial charge in [0.2, 0.25) is 0 Å². The summed E-state index contributed by atoms with van der Waals surface area (Å²) in [5.74, 6) is 1.90. The number of rotatable bonds is 7. The predicted octanol–water partition coefficient (Wildman–Crippen LogP) is 7.10. The molecule has 3 rings (SSSR count). The van der Waals surface area contributed by atoms with Crippen molar-refractivity contribution >= 4 is 23.1 Å². The number of benzene rings is 2. The van der Waals surface area contributed by atoms with Gasteiger partial charge in [0.1, 0.15) is 5.76 Å². The van der Waals surface area contributed by atoms with Gasteiger partial charge in [-0.3, -0.25) is 4.79 Å². The third-order valence-corrected chi connectivity index (χ3v) is 7.56. The van der Waals surface area contributed by atoms with Crippen LogP contribution in [0.1, 0.15) is 61.4 Å². The summed E-state index contributed by atoms with van der Waals surface area (Å²) < 4.78 is 0. The maximum atomic E-state index is 13.2. The Morgan fingerprint density at radius 2 is 1.60 bits per heavy atom. The number of hydrogen-bond donors (Lipinski definition) is 1. The molecule has 0 saturated heterocycles. The quantitative estimate of drug-likeness (QED) is 0.483. The number of allylic oxidation sites excluding steroid dienone is 2. The minimum absolute atomic E-state index is 0.101. The molecule has 0 aromatic heterocycles. The standard InChI is InChI=1S/C27H34O2S/c1-6-20-12-18(4)13-21(7-2)26(20)27-24(28)14-22(15-25(27)29)19(5)16-30-23-10-8-17(3)9-11-23/h8-13,19,22,28H,6-7,14-16H2,1-5H3. The number of ketones is 1. The van der Waals surface area contributed by atoms with Crippen molar-refractivity contribution < 1.29 is 9.90 Å². The monoisotopic (exact) mass is 422 g/mol. The van der Waals surface area contributed by atoms with Crippen molar-refractivity contribution in [2.75, 3.05) is 5.75 Å². The molecule has 0 amide bonds. The van der Waals surface area contributed by atoms with Gasteiger partial charge in [0.25, 0.3) is 0 Å². The maximum absolute atomic E-state index is 13.2. The Morgan fingerprint density at radius 1 is 1.00 bits per heavy atom. The Morgan fingerprint density at radius 3 is 2.13 bits per heavy atom. The van der Waals surface area contributed by atoms with Crippen LogP contribution in [0.2, 0.25) is 0 Å². The Hall–Kier alpha value is -2.00. The van der Waals surface area contributed by atoms with Gasteiger partial charge in [-0.05, 0) is 67.3 Å². The van der Waals surface area contributed by atoms with Crippen LogP contribution in [0.25, 0.3) is 5.57 Å². The summed E-state index contributed by atoms with van der Waals surface area (Å²) in [6, 6.07) is 12.9. The van der Waals surface area contributed by atoms with Crippen LogP contribution in [0.3, 0.4) is 0 Å². The molecule has 1 aliphatic carbocycles. The molecule has 2 nitrogen and oxygen atoms in total. The first-order valence-electron chi connectivity index (χ1n) is 11.1. The Kier molecular flexibility index (Phi) is 7.46. The van der Waals surface area contributed by atoms with Crippen molar-refractivity contribution in [1.29, 1.82) is 0 Å². The average Bonchev–Trinajstić information content (AvgIpc) is 2.72. The predicted molar refractivity (Wildman–Crippen MR) is 128 cm³/mol. The lowest BCUT2D eigenvalue weighted by molar-refractivity contribution is -0.115. The SMILES string of the molecule is CCc1cc(C)cc(CC)c1C1=C(O)CC(C(C)CSc2ccc(C)cc2)CC1=O. The molecule has 0 heterocycles. The van der Waals surface area contributed by atoms with Gasteiger partial charge in [-0.2, -0.15) is 0 Å². The molecule has 1 aliphatic rings. The zero-order chi connectivity index (χ0) is 21.8. The third-order valence-electron chi connectivity index (χ3n) is 6.27. The van der Waals surface area contributed by atoms with E-state index in [2.05, 4.69) is 71.0 Å². The van der Waals surface area contributed by atoms with Crippen LogP contribution in [0, 0.1) is 25.7 Å². The molecule has 0 aliphatic heterocycles. The zero-order valence-corrected chi connectivity index (χ0v) is 19.7. The molecular weight excluding hydrogens is 388 g/mol. The summed E-state index contributed by atoms with van der Waals surface area (Å²) in [6.45, 7) is 10.6. The molecule has 0 bridgehead atoms. The van der Waals surface area contributed by atoms with Crippen molar-refractivity contribution in [3.8, 4) is 0 Å². The first-order valence-corrected chi connectivity index (χ1v) is 12.1. The van der Waals surface area contributed by atoms with Crippen molar-refractivity contribution in [2.45, 2.75) is 65.2 Å².